The zero-order chi connectivity index (χ0) is 16.1. The van der Waals surface area contributed by atoms with Gasteiger partial charge in [-0.2, -0.15) is 21.6 Å². The third-order valence-electron chi connectivity index (χ3n) is 3.56. The van der Waals surface area contributed by atoms with Crippen molar-refractivity contribution in [2.24, 2.45) is 0 Å². The van der Waals surface area contributed by atoms with E-state index in [0.29, 0.717) is 18.4 Å². The molecule has 0 heterocycles. The van der Waals surface area contributed by atoms with Crippen LogP contribution in [0.1, 0.15) is 32.3 Å². The van der Waals surface area contributed by atoms with E-state index in [-0.39, 0.29) is 5.75 Å². The lowest BCUT2D eigenvalue weighted by Crippen LogP contribution is -2.51. The minimum Gasteiger partial charge on any atom is -0.390 e. The first kappa shape index (κ1) is 16.1. The molecular weight excluding hydrogens is 309 g/mol. The third kappa shape index (κ3) is 3.01. The maximum absolute atomic E-state index is 12.4. The summed E-state index contributed by atoms with van der Waals surface area (Å²) in [6.07, 6.45) is 0.624. The molecule has 0 spiro atoms. The molecule has 0 bridgehead atoms. The van der Waals surface area contributed by atoms with Gasteiger partial charge in [0, 0.05) is 11.0 Å². The summed E-state index contributed by atoms with van der Waals surface area (Å²) < 4.78 is 63.8. The van der Waals surface area contributed by atoms with E-state index in [2.05, 4.69) is 4.18 Å². The lowest BCUT2D eigenvalue weighted by Gasteiger charge is -2.50. The Morgan fingerprint density at radius 1 is 1.19 bits per heavy atom. The van der Waals surface area contributed by atoms with Gasteiger partial charge in [0.1, 0.15) is 5.75 Å². The van der Waals surface area contributed by atoms with E-state index < -0.39 is 26.6 Å². The molecule has 1 aliphatic rings. The van der Waals surface area contributed by atoms with Crippen LogP contribution in [0, 0.1) is 0 Å². The van der Waals surface area contributed by atoms with Crippen LogP contribution in [0.15, 0.2) is 24.3 Å². The molecule has 0 radical (unpaired) electrons. The highest BCUT2D eigenvalue weighted by atomic mass is 32.2. The zero-order valence-corrected chi connectivity index (χ0v) is 12.3. The van der Waals surface area contributed by atoms with Gasteiger partial charge in [-0.05, 0) is 25.8 Å². The maximum atomic E-state index is 12.4. The van der Waals surface area contributed by atoms with Gasteiger partial charge < -0.3 is 9.29 Å². The molecule has 21 heavy (non-hydrogen) atoms. The molecule has 0 saturated heterocycles. The molecule has 1 aliphatic carbocycles. The fourth-order valence-electron chi connectivity index (χ4n) is 3.02. The first-order chi connectivity index (χ1) is 9.36. The van der Waals surface area contributed by atoms with Gasteiger partial charge in [-0.15, -0.1) is 0 Å². The summed E-state index contributed by atoms with van der Waals surface area (Å²) in [6, 6.07) is 5.67. The van der Waals surface area contributed by atoms with Crippen LogP contribution < -0.4 is 4.18 Å². The summed E-state index contributed by atoms with van der Waals surface area (Å²) in [5.74, 6) is -0.354. The molecule has 0 atom stereocenters. The van der Waals surface area contributed by atoms with Crippen LogP contribution in [0.2, 0.25) is 0 Å². The Kier molecular flexibility index (Phi) is 3.53. The normalized spacial score (nSPS) is 29.8. The highest BCUT2D eigenvalue weighted by Gasteiger charge is 2.52. The number of para-hydroxylation sites is 1. The van der Waals surface area contributed by atoms with Gasteiger partial charge in [0.15, 0.2) is 0 Å². The number of aliphatic hydroxyl groups is 1. The fraction of sp³-hybridized carbons (Fsp3) is 0.538. The highest BCUT2D eigenvalue weighted by Crippen LogP contribution is 2.52. The van der Waals surface area contributed by atoms with Crippen LogP contribution in [0.5, 0.6) is 5.75 Å². The smallest absolute Gasteiger partial charge is 0.390 e. The van der Waals surface area contributed by atoms with E-state index in [1.807, 2.05) is 0 Å². The van der Waals surface area contributed by atoms with E-state index in [1.54, 1.807) is 19.9 Å². The largest absolute Gasteiger partial charge is 0.534 e. The summed E-state index contributed by atoms with van der Waals surface area (Å²) in [5, 5.41) is 9.82. The second kappa shape index (κ2) is 4.61. The topological polar surface area (TPSA) is 63.6 Å². The van der Waals surface area contributed by atoms with Crippen molar-refractivity contribution in [3.05, 3.63) is 29.8 Å². The molecule has 1 saturated carbocycles. The van der Waals surface area contributed by atoms with Crippen molar-refractivity contribution in [1.29, 1.82) is 0 Å². The van der Waals surface area contributed by atoms with Crippen molar-refractivity contribution in [3.63, 3.8) is 0 Å². The van der Waals surface area contributed by atoms with Gasteiger partial charge in [-0.1, -0.05) is 25.1 Å². The SMILES string of the molecule is CC1(O)CC(C)(c2ccccc2OS(=O)(=O)C(F)(F)F)C1. The molecule has 118 valence electrons. The molecular formula is C13H15F3O4S. The van der Waals surface area contributed by atoms with Crippen LogP contribution in [-0.4, -0.2) is 24.6 Å². The molecule has 0 unspecified atom stereocenters. The standard InChI is InChI=1S/C13H15F3O4S/c1-11(7-12(2,17)8-11)9-5-3-4-6-10(9)20-21(18,19)13(14,15)16/h3-6,17H,7-8H2,1-2H3. The predicted octanol–water partition coefficient (Wildman–Crippen LogP) is 2.72. The number of halogens is 3. The lowest BCUT2D eigenvalue weighted by atomic mass is 9.58. The molecule has 1 N–H and O–H groups in total. The van der Waals surface area contributed by atoms with Crippen molar-refractivity contribution in [2.75, 3.05) is 0 Å². The van der Waals surface area contributed by atoms with E-state index in [9.17, 15) is 26.7 Å². The highest BCUT2D eigenvalue weighted by molar-refractivity contribution is 7.88. The van der Waals surface area contributed by atoms with Gasteiger partial charge in [0.05, 0.1) is 5.60 Å². The van der Waals surface area contributed by atoms with Gasteiger partial charge in [0.2, 0.25) is 0 Å². The third-order valence-corrected chi connectivity index (χ3v) is 4.53. The predicted molar refractivity (Wildman–Crippen MR) is 69.3 cm³/mol. The molecule has 8 heteroatoms. The van der Waals surface area contributed by atoms with E-state index in [0.717, 1.165) is 0 Å². The zero-order valence-electron chi connectivity index (χ0n) is 11.4. The Morgan fingerprint density at radius 3 is 2.19 bits per heavy atom. The molecule has 0 aliphatic heterocycles. The van der Waals surface area contributed by atoms with Crippen molar-refractivity contribution in [1.82, 2.24) is 0 Å². The average molecular weight is 324 g/mol. The van der Waals surface area contributed by atoms with Crippen LogP contribution in [0.4, 0.5) is 13.2 Å². The van der Waals surface area contributed by atoms with Gasteiger partial charge in [-0.25, -0.2) is 0 Å². The summed E-state index contributed by atoms with van der Waals surface area (Å²) in [4.78, 5) is 0. The Hall–Kier alpha value is -1.28. The van der Waals surface area contributed by atoms with Crippen LogP contribution >= 0.6 is 0 Å². The molecule has 1 aromatic carbocycles. The number of alkyl halides is 3. The minimum absolute atomic E-state index is 0.312. The second-order valence-electron chi connectivity index (χ2n) is 5.89. The second-order valence-corrected chi connectivity index (χ2v) is 7.43. The summed E-state index contributed by atoms with van der Waals surface area (Å²) in [7, 11) is -5.71. The molecule has 1 aromatic rings. The monoisotopic (exact) mass is 324 g/mol. The number of rotatable bonds is 3. The van der Waals surface area contributed by atoms with Crippen LogP contribution in [-0.2, 0) is 15.5 Å². The van der Waals surface area contributed by atoms with Gasteiger partial charge in [0.25, 0.3) is 0 Å². The van der Waals surface area contributed by atoms with Crippen molar-refractivity contribution < 1.29 is 30.9 Å². The Bertz CT molecular complexity index is 642. The molecule has 1 fully saturated rings. The Balaban J connectivity index is 2.36. The quantitative estimate of drug-likeness (QED) is 0.686. The van der Waals surface area contributed by atoms with E-state index >= 15 is 0 Å². The summed E-state index contributed by atoms with van der Waals surface area (Å²) in [6.45, 7) is 3.36. The number of hydrogen-bond acceptors (Lipinski definition) is 4. The maximum Gasteiger partial charge on any atom is 0.534 e. The summed E-state index contributed by atoms with van der Waals surface area (Å²) in [5.41, 5.74) is -6.68. The van der Waals surface area contributed by atoms with Gasteiger partial charge >= 0.3 is 15.6 Å². The number of hydrogen-bond donors (Lipinski definition) is 1. The van der Waals surface area contributed by atoms with Crippen molar-refractivity contribution >= 4 is 10.1 Å². The lowest BCUT2D eigenvalue weighted by molar-refractivity contribution is -0.0699. The van der Waals surface area contributed by atoms with E-state index in [4.69, 9.17) is 0 Å². The first-order valence-electron chi connectivity index (χ1n) is 6.19. The number of benzene rings is 1. The van der Waals surface area contributed by atoms with Crippen LogP contribution in [0.3, 0.4) is 0 Å². The Labute approximate surface area is 120 Å². The minimum atomic E-state index is -5.71. The van der Waals surface area contributed by atoms with Gasteiger partial charge in [-0.3, -0.25) is 0 Å². The first-order valence-corrected chi connectivity index (χ1v) is 7.60. The molecule has 0 aromatic heterocycles. The average Bonchev–Trinajstić information content (AvgIpc) is 2.24. The Morgan fingerprint density at radius 2 is 1.71 bits per heavy atom. The van der Waals surface area contributed by atoms with Crippen molar-refractivity contribution in [2.45, 2.75) is 43.2 Å². The summed E-state index contributed by atoms with van der Waals surface area (Å²) >= 11 is 0. The van der Waals surface area contributed by atoms with E-state index in [1.165, 1.54) is 18.2 Å². The molecule has 2 rings (SSSR count). The molecule has 0 amide bonds. The fourth-order valence-corrected chi connectivity index (χ4v) is 3.50. The van der Waals surface area contributed by atoms with Crippen molar-refractivity contribution in [3.8, 4) is 5.75 Å². The van der Waals surface area contributed by atoms with Crippen LogP contribution in [0.25, 0.3) is 0 Å². The molecule has 4 nitrogen and oxygen atoms in total.